The minimum Gasteiger partial charge on any atom is -0.258 e. The maximum atomic E-state index is 8.67. The van der Waals surface area contributed by atoms with Crippen LogP contribution in [0.4, 0.5) is 0 Å². The van der Waals surface area contributed by atoms with Gasteiger partial charge in [0, 0.05) is 5.56 Å². The Labute approximate surface area is 77.6 Å². The normalized spacial score (nSPS) is 8.69. The van der Waals surface area contributed by atoms with Gasteiger partial charge in [-0.15, -0.1) is 0 Å². The fraction of sp³-hybridized carbons (Fsp3) is 0.182. The molecule has 2 heteroatoms. The first-order chi connectivity index (χ1) is 6.19. The van der Waals surface area contributed by atoms with E-state index in [4.69, 9.17) is 10.7 Å². The van der Waals surface area contributed by atoms with E-state index in [1.807, 2.05) is 38.1 Å². The molecule has 1 aromatic rings. The van der Waals surface area contributed by atoms with Gasteiger partial charge in [0.25, 0.3) is 0 Å². The van der Waals surface area contributed by atoms with Crippen molar-refractivity contribution in [3.8, 4) is 6.07 Å². The van der Waals surface area contributed by atoms with Crippen LogP contribution in [0.5, 0.6) is 0 Å². The van der Waals surface area contributed by atoms with Crippen molar-refractivity contribution in [3.05, 3.63) is 34.9 Å². The molecule has 0 fully saturated rings. The zero-order chi connectivity index (χ0) is 9.84. The molecule has 2 nitrogen and oxygen atoms in total. The average molecular weight is 170 g/mol. The van der Waals surface area contributed by atoms with Crippen molar-refractivity contribution in [3.63, 3.8) is 0 Å². The number of aryl methyl sites for hydroxylation is 2. The summed E-state index contributed by atoms with van der Waals surface area (Å²) in [4.78, 5) is 0. The fourth-order valence-corrected chi connectivity index (χ4v) is 1.06. The zero-order valence-corrected chi connectivity index (χ0v) is 7.68. The summed E-state index contributed by atoms with van der Waals surface area (Å²) in [6, 6.07) is 7.61. The molecule has 0 bridgehead atoms. The quantitative estimate of drug-likeness (QED) is 0.510. The van der Waals surface area contributed by atoms with Gasteiger partial charge in [0.2, 0.25) is 0 Å². The van der Waals surface area contributed by atoms with Crippen molar-refractivity contribution < 1.29 is 0 Å². The molecular formula is C11H10N2. The molecule has 0 saturated heterocycles. The Hall–Kier alpha value is -1.84. The van der Waals surface area contributed by atoms with E-state index in [9.17, 15) is 0 Å². The van der Waals surface area contributed by atoms with E-state index in [0.717, 1.165) is 11.1 Å². The van der Waals surface area contributed by atoms with Gasteiger partial charge in [-0.3, -0.25) is 5.41 Å². The summed E-state index contributed by atoms with van der Waals surface area (Å²) in [5.74, 6) is 2.12. The van der Waals surface area contributed by atoms with Crippen molar-refractivity contribution in [1.29, 1.82) is 10.7 Å². The van der Waals surface area contributed by atoms with E-state index in [-0.39, 0.29) is 5.57 Å². The molecule has 64 valence electrons. The van der Waals surface area contributed by atoms with Gasteiger partial charge in [-0.05, 0) is 36.9 Å². The van der Waals surface area contributed by atoms with E-state index in [1.165, 1.54) is 5.56 Å². The molecule has 0 aromatic heterocycles. The first-order valence-corrected chi connectivity index (χ1v) is 3.96. The molecule has 1 rings (SSSR count). The van der Waals surface area contributed by atoms with Gasteiger partial charge in [0.1, 0.15) is 11.6 Å². The summed E-state index contributed by atoms with van der Waals surface area (Å²) in [6.07, 6.45) is 0. The van der Waals surface area contributed by atoms with Crippen molar-refractivity contribution in [1.82, 2.24) is 0 Å². The van der Waals surface area contributed by atoms with Crippen LogP contribution < -0.4 is 0 Å². The van der Waals surface area contributed by atoms with Gasteiger partial charge in [-0.25, -0.2) is 0 Å². The molecule has 0 atom stereocenters. The monoisotopic (exact) mass is 170 g/mol. The van der Waals surface area contributed by atoms with Crippen molar-refractivity contribution in [2.75, 3.05) is 0 Å². The van der Waals surface area contributed by atoms with E-state index in [1.54, 1.807) is 0 Å². The van der Waals surface area contributed by atoms with Crippen LogP contribution in [0, 0.1) is 30.6 Å². The summed E-state index contributed by atoms with van der Waals surface area (Å²) >= 11 is 0. The van der Waals surface area contributed by atoms with Crippen molar-refractivity contribution >= 4 is 11.4 Å². The molecule has 0 unspecified atom stereocenters. The minimum atomic E-state index is 0.281. The second-order valence-corrected chi connectivity index (χ2v) is 2.91. The number of hydrogen-bond donors (Lipinski definition) is 1. The Kier molecular flexibility index (Phi) is 2.64. The van der Waals surface area contributed by atoms with Gasteiger partial charge in [-0.1, -0.05) is 12.1 Å². The number of nitrogens with one attached hydrogen (secondary N) is 1. The smallest absolute Gasteiger partial charge is 0.120 e. The second-order valence-electron chi connectivity index (χ2n) is 2.91. The van der Waals surface area contributed by atoms with E-state index in [2.05, 4.69) is 5.87 Å². The highest BCUT2D eigenvalue weighted by atomic mass is 14.3. The number of nitrogens with zero attached hydrogens (tertiary/aromatic N) is 1. The highest BCUT2D eigenvalue weighted by molar-refractivity contribution is 5.96. The number of benzene rings is 1. The van der Waals surface area contributed by atoms with Crippen LogP contribution in [0.1, 0.15) is 16.7 Å². The first-order valence-electron chi connectivity index (χ1n) is 3.96. The molecule has 0 heterocycles. The lowest BCUT2D eigenvalue weighted by atomic mass is 10.0. The summed E-state index contributed by atoms with van der Waals surface area (Å²) in [5, 5.41) is 15.6. The Balaban J connectivity index is 3.27. The maximum Gasteiger partial charge on any atom is 0.120 e. The minimum absolute atomic E-state index is 0.281. The molecule has 0 aliphatic rings. The average Bonchev–Trinajstić information content (AvgIpc) is 2.13. The summed E-state index contributed by atoms with van der Waals surface area (Å²) in [5.41, 5.74) is 3.36. The Morgan fingerprint density at radius 1 is 1.31 bits per heavy atom. The SMILES string of the molecule is Cc1ccc(C(=C=N)C#N)cc1C. The van der Waals surface area contributed by atoms with Crippen LogP contribution >= 0.6 is 0 Å². The van der Waals surface area contributed by atoms with Crippen molar-refractivity contribution in [2.24, 2.45) is 0 Å². The molecule has 1 N–H and O–H groups in total. The molecular weight excluding hydrogens is 160 g/mol. The van der Waals surface area contributed by atoms with Crippen LogP contribution in [0.15, 0.2) is 18.2 Å². The third-order valence-corrected chi connectivity index (χ3v) is 2.03. The number of nitriles is 1. The molecule has 0 spiro atoms. The highest BCUT2D eigenvalue weighted by Crippen LogP contribution is 2.15. The Bertz CT molecular complexity index is 418. The lowest BCUT2D eigenvalue weighted by molar-refractivity contribution is 1.33. The third kappa shape index (κ3) is 1.84. The van der Waals surface area contributed by atoms with Crippen LogP contribution in [-0.4, -0.2) is 5.87 Å². The van der Waals surface area contributed by atoms with E-state index in [0.29, 0.717) is 0 Å². The van der Waals surface area contributed by atoms with Crippen molar-refractivity contribution in [2.45, 2.75) is 13.8 Å². The summed E-state index contributed by atoms with van der Waals surface area (Å²) < 4.78 is 0. The van der Waals surface area contributed by atoms with E-state index < -0.39 is 0 Å². The van der Waals surface area contributed by atoms with Gasteiger partial charge in [-0.2, -0.15) is 5.26 Å². The van der Waals surface area contributed by atoms with E-state index >= 15 is 0 Å². The summed E-state index contributed by atoms with van der Waals surface area (Å²) in [7, 11) is 0. The van der Waals surface area contributed by atoms with Gasteiger partial charge >= 0.3 is 0 Å². The van der Waals surface area contributed by atoms with Crippen LogP contribution in [0.3, 0.4) is 0 Å². The first kappa shape index (κ1) is 9.25. The molecule has 0 radical (unpaired) electrons. The molecule has 0 aliphatic heterocycles. The zero-order valence-electron chi connectivity index (χ0n) is 7.68. The highest BCUT2D eigenvalue weighted by Gasteiger charge is 2.00. The second kappa shape index (κ2) is 3.71. The predicted octanol–water partition coefficient (Wildman–Crippen LogP) is 2.46. The third-order valence-electron chi connectivity index (χ3n) is 2.03. The molecule has 0 amide bonds. The van der Waals surface area contributed by atoms with Crippen LogP contribution in [-0.2, 0) is 0 Å². The maximum absolute atomic E-state index is 8.67. The number of allylic oxidation sites excluding steroid dienone is 1. The standard InChI is InChI=1S/C11H10N2/c1-8-3-4-10(5-9(8)2)11(6-12)7-13/h3-5,12H,1-2H3. The lowest BCUT2D eigenvalue weighted by Crippen LogP contribution is -1.86. The van der Waals surface area contributed by atoms with Gasteiger partial charge in [0.05, 0.1) is 0 Å². The Morgan fingerprint density at radius 2 is 2.00 bits per heavy atom. The topological polar surface area (TPSA) is 47.6 Å². The van der Waals surface area contributed by atoms with Gasteiger partial charge < -0.3 is 0 Å². The number of hydrogen-bond acceptors (Lipinski definition) is 2. The molecule has 0 saturated carbocycles. The summed E-state index contributed by atoms with van der Waals surface area (Å²) in [6.45, 7) is 4.00. The van der Waals surface area contributed by atoms with Gasteiger partial charge in [0.15, 0.2) is 0 Å². The molecule has 1 aromatic carbocycles. The molecule has 13 heavy (non-hydrogen) atoms. The largest absolute Gasteiger partial charge is 0.258 e. The fourth-order valence-electron chi connectivity index (χ4n) is 1.06. The van der Waals surface area contributed by atoms with Crippen LogP contribution in [0.2, 0.25) is 0 Å². The molecule has 0 aliphatic carbocycles. The number of rotatable bonds is 1. The Morgan fingerprint density at radius 3 is 2.46 bits per heavy atom. The lowest BCUT2D eigenvalue weighted by Gasteiger charge is -2.01. The predicted molar refractivity (Wildman–Crippen MR) is 52.7 cm³/mol. The van der Waals surface area contributed by atoms with Crippen LogP contribution in [0.25, 0.3) is 5.57 Å².